The summed E-state index contributed by atoms with van der Waals surface area (Å²) >= 11 is 0. The van der Waals surface area contributed by atoms with Crippen LogP contribution in [0.25, 0.3) is 0 Å². The summed E-state index contributed by atoms with van der Waals surface area (Å²) in [6, 6.07) is 0. The lowest BCUT2D eigenvalue weighted by molar-refractivity contribution is 0.0498. The van der Waals surface area contributed by atoms with Crippen molar-refractivity contribution in [1.29, 1.82) is 0 Å². The summed E-state index contributed by atoms with van der Waals surface area (Å²) < 4.78 is 0. The molecule has 0 bridgehead atoms. The van der Waals surface area contributed by atoms with Gasteiger partial charge in [0.15, 0.2) is 0 Å². The van der Waals surface area contributed by atoms with Crippen LogP contribution in [0.3, 0.4) is 0 Å². The smallest absolute Gasteiger partial charge is 0.0329 e. The van der Waals surface area contributed by atoms with E-state index in [2.05, 4.69) is 24.1 Å². The van der Waals surface area contributed by atoms with Gasteiger partial charge in [-0.25, -0.2) is 0 Å². The predicted octanol–water partition coefficient (Wildman–Crippen LogP) is 2.25. The molecule has 2 heteroatoms. The third kappa shape index (κ3) is 2.54. The molecule has 15 heavy (non-hydrogen) atoms. The molecule has 1 heterocycles. The molecule has 0 aromatic rings. The van der Waals surface area contributed by atoms with E-state index in [9.17, 15) is 0 Å². The Hall–Kier alpha value is -0.0800. The van der Waals surface area contributed by atoms with Crippen molar-refractivity contribution < 1.29 is 0 Å². The van der Waals surface area contributed by atoms with Gasteiger partial charge in [0.25, 0.3) is 0 Å². The molecule has 0 aromatic carbocycles. The van der Waals surface area contributed by atoms with E-state index in [-0.39, 0.29) is 0 Å². The Kier molecular flexibility index (Phi) is 3.68. The van der Waals surface area contributed by atoms with E-state index < -0.39 is 0 Å². The van der Waals surface area contributed by atoms with Gasteiger partial charge in [0.1, 0.15) is 0 Å². The summed E-state index contributed by atoms with van der Waals surface area (Å²) in [7, 11) is 0. The molecule has 0 radical (unpaired) electrons. The molecule has 1 aliphatic carbocycles. The molecule has 2 fully saturated rings. The van der Waals surface area contributed by atoms with Crippen molar-refractivity contribution in [2.45, 2.75) is 51.5 Å². The Balaban J connectivity index is 1.90. The van der Waals surface area contributed by atoms with Crippen molar-refractivity contribution in [3.8, 4) is 0 Å². The minimum absolute atomic E-state index is 0.465. The van der Waals surface area contributed by atoms with E-state index in [1.165, 1.54) is 58.3 Å². The second-order valence-corrected chi connectivity index (χ2v) is 5.33. The monoisotopic (exact) mass is 210 g/mol. The number of nitrogens with zero attached hydrogens (tertiary/aromatic N) is 1. The lowest BCUT2D eigenvalue weighted by Crippen LogP contribution is -2.60. The molecule has 1 saturated heterocycles. The van der Waals surface area contributed by atoms with E-state index in [0.29, 0.717) is 5.54 Å². The molecular formula is C13H26N2. The predicted molar refractivity (Wildman–Crippen MR) is 65.1 cm³/mol. The normalized spacial score (nSPS) is 26.8. The maximum absolute atomic E-state index is 3.57. The van der Waals surface area contributed by atoms with Crippen LogP contribution in [-0.4, -0.2) is 36.6 Å². The van der Waals surface area contributed by atoms with Crippen molar-refractivity contribution in [2.75, 3.05) is 26.2 Å². The van der Waals surface area contributed by atoms with Crippen molar-refractivity contribution in [3.05, 3.63) is 0 Å². The minimum atomic E-state index is 0.465. The van der Waals surface area contributed by atoms with Gasteiger partial charge >= 0.3 is 0 Å². The molecule has 0 spiro atoms. The average molecular weight is 210 g/mol. The lowest BCUT2D eigenvalue weighted by Gasteiger charge is -2.47. The highest BCUT2D eigenvalue weighted by Gasteiger charge is 2.36. The minimum Gasteiger partial charge on any atom is -0.314 e. The number of rotatable bonds is 5. The van der Waals surface area contributed by atoms with Gasteiger partial charge in [-0.15, -0.1) is 0 Å². The van der Waals surface area contributed by atoms with Crippen LogP contribution >= 0.6 is 0 Å². The van der Waals surface area contributed by atoms with E-state index in [4.69, 9.17) is 0 Å². The Morgan fingerprint density at radius 2 is 2.00 bits per heavy atom. The Labute approximate surface area is 94.4 Å². The molecule has 88 valence electrons. The highest BCUT2D eigenvalue weighted by molar-refractivity contribution is 4.94. The second kappa shape index (κ2) is 4.84. The summed E-state index contributed by atoms with van der Waals surface area (Å²) in [5, 5.41) is 3.57. The molecule has 1 N–H and O–H groups in total. The van der Waals surface area contributed by atoms with Gasteiger partial charge in [-0.3, -0.25) is 4.90 Å². The first kappa shape index (κ1) is 11.4. The van der Waals surface area contributed by atoms with Crippen molar-refractivity contribution in [1.82, 2.24) is 10.2 Å². The fraction of sp³-hybridized carbons (Fsp3) is 1.00. The molecule has 0 amide bonds. The van der Waals surface area contributed by atoms with Crippen molar-refractivity contribution in [2.24, 2.45) is 5.92 Å². The molecule has 1 aliphatic heterocycles. The van der Waals surface area contributed by atoms with Crippen LogP contribution in [-0.2, 0) is 0 Å². The zero-order chi connectivity index (χ0) is 10.7. The number of hydrogen-bond donors (Lipinski definition) is 1. The van der Waals surface area contributed by atoms with Crippen LogP contribution in [0.1, 0.15) is 46.0 Å². The largest absolute Gasteiger partial charge is 0.314 e. The molecule has 0 atom stereocenters. The first-order chi connectivity index (χ1) is 7.30. The van der Waals surface area contributed by atoms with Gasteiger partial charge in [-0.1, -0.05) is 26.7 Å². The van der Waals surface area contributed by atoms with Crippen LogP contribution in [0, 0.1) is 5.92 Å². The Morgan fingerprint density at radius 3 is 2.60 bits per heavy atom. The second-order valence-electron chi connectivity index (χ2n) is 5.33. The molecule has 2 nitrogen and oxygen atoms in total. The van der Waals surface area contributed by atoms with Crippen molar-refractivity contribution in [3.63, 3.8) is 0 Å². The van der Waals surface area contributed by atoms with Crippen LogP contribution in [0.15, 0.2) is 0 Å². The third-order valence-electron chi connectivity index (χ3n) is 4.50. The Bertz CT molecular complexity index is 195. The van der Waals surface area contributed by atoms with Gasteiger partial charge < -0.3 is 5.32 Å². The van der Waals surface area contributed by atoms with Crippen LogP contribution in [0.5, 0.6) is 0 Å². The lowest BCUT2D eigenvalue weighted by atomic mass is 9.88. The quantitative estimate of drug-likeness (QED) is 0.749. The molecule has 1 saturated carbocycles. The third-order valence-corrected chi connectivity index (χ3v) is 4.50. The van der Waals surface area contributed by atoms with Gasteiger partial charge in [0.2, 0.25) is 0 Å². The topological polar surface area (TPSA) is 15.3 Å². The summed E-state index contributed by atoms with van der Waals surface area (Å²) in [5.74, 6) is 1.08. The highest BCUT2D eigenvalue weighted by Crippen LogP contribution is 2.34. The fourth-order valence-electron chi connectivity index (χ4n) is 2.93. The highest BCUT2D eigenvalue weighted by atomic mass is 15.3. The maximum Gasteiger partial charge on any atom is 0.0329 e. The van der Waals surface area contributed by atoms with E-state index in [1.807, 2.05) is 0 Å². The fourth-order valence-corrected chi connectivity index (χ4v) is 2.93. The zero-order valence-electron chi connectivity index (χ0n) is 10.4. The zero-order valence-corrected chi connectivity index (χ0v) is 10.4. The molecular weight excluding hydrogens is 184 g/mol. The molecule has 2 rings (SSSR count). The number of nitrogens with one attached hydrogen (secondary N) is 1. The first-order valence-electron chi connectivity index (χ1n) is 6.76. The molecule has 2 aliphatic rings. The van der Waals surface area contributed by atoms with Gasteiger partial charge in [-0.05, 0) is 31.7 Å². The first-order valence-corrected chi connectivity index (χ1v) is 6.76. The summed E-state index contributed by atoms with van der Waals surface area (Å²) in [6.07, 6.45) is 7.03. The van der Waals surface area contributed by atoms with E-state index in [1.54, 1.807) is 0 Å². The standard InChI is InChI=1S/C13H26N2/c1-3-13(4-2)11-14-8-10-15(13)9-7-12-5-6-12/h12,14H,3-11H2,1-2H3. The molecule has 0 aromatic heterocycles. The Morgan fingerprint density at radius 1 is 1.27 bits per heavy atom. The van der Waals surface area contributed by atoms with Crippen LogP contribution in [0.2, 0.25) is 0 Å². The van der Waals surface area contributed by atoms with Crippen LogP contribution in [0.4, 0.5) is 0 Å². The van der Waals surface area contributed by atoms with E-state index in [0.717, 1.165) is 5.92 Å². The maximum atomic E-state index is 3.57. The van der Waals surface area contributed by atoms with E-state index >= 15 is 0 Å². The summed E-state index contributed by atoms with van der Waals surface area (Å²) in [4.78, 5) is 2.77. The average Bonchev–Trinajstić information content (AvgIpc) is 3.10. The van der Waals surface area contributed by atoms with Gasteiger partial charge in [-0.2, -0.15) is 0 Å². The van der Waals surface area contributed by atoms with Gasteiger partial charge in [0.05, 0.1) is 0 Å². The van der Waals surface area contributed by atoms with Gasteiger partial charge in [0, 0.05) is 25.2 Å². The number of hydrogen-bond acceptors (Lipinski definition) is 2. The summed E-state index contributed by atoms with van der Waals surface area (Å²) in [6.45, 7) is 9.68. The van der Waals surface area contributed by atoms with Crippen molar-refractivity contribution >= 4 is 0 Å². The number of piperazine rings is 1. The molecule has 0 unspecified atom stereocenters. The summed E-state index contributed by atoms with van der Waals surface area (Å²) in [5.41, 5.74) is 0.465. The SMILES string of the molecule is CCC1(CC)CNCCN1CCC1CC1. The van der Waals surface area contributed by atoms with Crippen LogP contribution < -0.4 is 5.32 Å².